The van der Waals surface area contributed by atoms with Crippen molar-refractivity contribution in [3.63, 3.8) is 0 Å². The minimum atomic E-state index is -0.264. The lowest BCUT2D eigenvalue weighted by Gasteiger charge is -2.44. The Hall–Kier alpha value is -1.42. The van der Waals surface area contributed by atoms with E-state index >= 15 is 0 Å². The maximum Gasteiger partial charge on any atom is 0.256 e. The van der Waals surface area contributed by atoms with Gasteiger partial charge in [0, 0.05) is 18.9 Å². The highest BCUT2D eigenvalue weighted by Crippen LogP contribution is 2.23. The van der Waals surface area contributed by atoms with Crippen LogP contribution in [-0.4, -0.2) is 40.6 Å². The Morgan fingerprint density at radius 2 is 2.35 bits per heavy atom. The highest BCUT2D eigenvalue weighted by Gasteiger charge is 2.37. The average Bonchev–Trinajstić information content (AvgIpc) is 2.33. The van der Waals surface area contributed by atoms with Gasteiger partial charge >= 0.3 is 0 Å². The van der Waals surface area contributed by atoms with E-state index in [1.165, 1.54) is 0 Å². The summed E-state index contributed by atoms with van der Waals surface area (Å²) in [7, 11) is 0. The minimum absolute atomic E-state index is 0.0262. The fraction of sp³-hybridized carbons (Fsp3) is 0.538. The van der Waals surface area contributed by atoms with Crippen molar-refractivity contribution in [3.05, 3.63) is 30.1 Å². The summed E-state index contributed by atoms with van der Waals surface area (Å²) in [6.45, 7) is 7.22. The summed E-state index contributed by atoms with van der Waals surface area (Å²) in [5.74, 6) is 0.0262. The van der Waals surface area contributed by atoms with Crippen molar-refractivity contribution in [3.8, 4) is 0 Å². The van der Waals surface area contributed by atoms with E-state index < -0.39 is 0 Å². The zero-order valence-corrected chi connectivity index (χ0v) is 10.5. The molecule has 0 radical (unpaired) electrons. The number of rotatable bonds is 1. The first-order chi connectivity index (χ1) is 8.00. The Morgan fingerprint density at radius 3 is 3.00 bits per heavy atom. The molecule has 1 saturated heterocycles. The van der Waals surface area contributed by atoms with Crippen LogP contribution in [0.5, 0.6) is 0 Å². The Bertz CT molecular complexity index is 403. The molecule has 4 nitrogen and oxygen atoms in total. The molecule has 1 aromatic rings. The van der Waals surface area contributed by atoms with Gasteiger partial charge in [-0.25, -0.2) is 0 Å². The standard InChI is InChI=1S/C13H18N2O2/c1-10-8-15(13(2,3)9-17-10)12(16)11-5-4-6-14-7-11/h4-7,10H,8-9H2,1-3H3. The first-order valence-corrected chi connectivity index (χ1v) is 5.84. The molecule has 1 aliphatic heterocycles. The molecule has 0 N–H and O–H groups in total. The number of carbonyl (C=O) groups is 1. The number of amides is 1. The molecular formula is C13H18N2O2. The van der Waals surface area contributed by atoms with E-state index in [1.54, 1.807) is 24.5 Å². The zero-order chi connectivity index (χ0) is 12.5. The van der Waals surface area contributed by atoms with Gasteiger partial charge in [0.25, 0.3) is 5.91 Å². The molecule has 0 saturated carbocycles. The molecule has 17 heavy (non-hydrogen) atoms. The Labute approximate surface area is 102 Å². The highest BCUT2D eigenvalue weighted by molar-refractivity contribution is 5.94. The average molecular weight is 234 g/mol. The van der Waals surface area contributed by atoms with Gasteiger partial charge in [-0.2, -0.15) is 0 Å². The van der Waals surface area contributed by atoms with Crippen molar-refractivity contribution in [1.82, 2.24) is 9.88 Å². The summed E-state index contributed by atoms with van der Waals surface area (Å²) >= 11 is 0. The van der Waals surface area contributed by atoms with Crippen molar-refractivity contribution in [1.29, 1.82) is 0 Å². The summed E-state index contributed by atoms with van der Waals surface area (Å²) in [5.41, 5.74) is 0.370. The number of pyridine rings is 1. The molecule has 2 heterocycles. The molecule has 1 aliphatic rings. The fourth-order valence-corrected chi connectivity index (χ4v) is 1.98. The smallest absolute Gasteiger partial charge is 0.256 e. The lowest BCUT2D eigenvalue weighted by atomic mass is 10.00. The first-order valence-electron chi connectivity index (χ1n) is 5.84. The van der Waals surface area contributed by atoms with Gasteiger partial charge in [0.05, 0.1) is 23.8 Å². The van der Waals surface area contributed by atoms with Crippen LogP contribution in [0.25, 0.3) is 0 Å². The molecule has 4 heteroatoms. The van der Waals surface area contributed by atoms with Crippen LogP contribution in [0.2, 0.25) is 0 Å². The maximum atomic E-state index is 12.4. The number of ether oxygens (including phenoxy) is 1. The SMILES string of the molecule is CC1CN(C(=O)c2cccnc2)C(C)(C)CO1. The molecule has 0 aliphatic carbocycles. The third kappa shape index (κ3) is 2.47. The molecule has 0 spiro atoms. The topological polar surface area (TPSA) is 42.4 Å². The molecule has 1 aromatic heterocycles. The number of hydrogen-bond donors (Lipinski definition) is 0. The Kier molecular flexibility index (Phi) is 3.15. The molecule has 1 unspecified atom stereocenters. The second-order valence-electron chi connectivity index (χ2n) is 5.09. The van der Waals surface area contributed by atoms with Crippen molar-refractivity contribution in [2.24, 2.45) is 0 Å². The molecule has 1 amide bonds. The van der Waals surface area contributed by atoms with E-state index in [9.17, 15) is 4.79 Å². The summed E-state index contributed by atoms with van der Waals surface area (Å²) in [4.78, 5) is 18.3. The van der Waals surface area contributed by atoms with Crippen LogP contribution in [0.15, 0.2) is 24.5 Å². The van der Waals surface area contributed by atoms with Crippen molar-refractivity contribution < 1.29 is 9.53 Å². The predicted octanol–water partition coefficient (Wildman–Crippen LogP) is 1.72. The number of morpholine rings is 1. The molecule has 0 bridgehead atoms. The number of carbonyl (C=O) groups excluding carboxylic acids is 1. The van der Waals surface area contributed by atoms with Gasteiger partial charge in [0.2, 0.25) is 0 Å². The third-order valence-corrected chi connectivity index (χ3v) is 3.05. The van der Waals surface area contributed by atoms with Crippen LogP contribution < -0.4 is 0 Å². The normalized spacial score (nSPS) is 23.5. The molecule has 0 aromatic carbocycles. The third-order valence-electron chi connectivity index (χ3n) is 3.05. The second-order valence-corrected chi connectivity index (χ2v) is 5.09. The van der Waals surface area contributed by atoms with Crippen LogP contribution in [0, 0.1) is 0 Å². The fourth-order valence-electron chi connectivity index (χ4n) is 1.98. The summed E-state index contributed by atoms with van der Waals surface area (Å²) in [5, 5.41) is 0. The lowest BCUT2D eigenvalue weighted by molar-refractivity contribution is -0.0756. The monoisotopic (exact) mass is 234 g/mol. The van der Waals surface area contributed by atoms with Gasteiger partial charge in [0.1, 0.15) is 0 Å². The van der Waals surface area contributed by atoms with Crippen molar-refractivity contribution in [2.75, 3.05) is 13.2 Å². The summed E-state index contributed by atoms with van der Waals surface area (Å²) < 4.78 is 5.60. The van der Waals surface area contributed by atoms with E-state index in [4.69, 9.17) is 4.74 Å². The summed E-state index contributed by atoms with van der Waals surface area (Å²) in [6, 6.07) is 3.58. The van der Waals surface area contributed by atoms with Crippen molar-refractivity contribution >= 4 is 5.91 Å². The van der Waals surface area contributed by atoms with Crippen LogP contribution in [0.3, 0.4) is 0 Å². The maximum absolute atomic E-state index is 12.4. The lowest BCUT2D eigenvalue weighted by Crippen LogP contribution is -2.57. The van der Waals surface area contributed by atoms with E-state index in [2.05, 4.69) is 4.98 Å². The minimum Gasteiger partial charge on any atom is -0.374 e. The summed E-state index contributed by atoms with van der Waals surface area (Å²) in [6.07, 6.45) is 3.37. The number of hydrogen-bond acceptors (Lipinski definition) is 3. The highest BCUT2D eigenvalue weighted by atomic mass is 16.5. The van der Waals surface area contributed by atoms with Gasteiger partial charge < -0.3 is 9.64 Å². The van der Waals surface area contributed by atoms with Crippen molar-refractivity contribution in [2.45, 2.75) is 32.4 Å². The number of nitrogens with zero attached hydrogens (tertiary/aromatic N) is 2. The molecule has 2 rings (SSSR count). The Balaban J connectivity index is 2.23. The van der Waals surface area contributed by atoms with Crippen LogP contribution in [-0.2, 0) is 4.74 Å². The number of aromatic nitrogens is 1. The van der Waals surface area contributed by atoms with E-state index in [1.807, 2.05) is 25.7 Å². The van der Waals surface area contributed by atoms with Gasteiger partial charge in [-0.05, 0) is 32.9 Å². The molecule has 92 valence electrons. The van der Waals surface area contributed by atoms with Gasteiger partial charge in [-0.1, -0.05) is 0 Å². The molecule has 1 fully saturated rings. The zero-order valence-electron chi connectivity index (χ0n) is 10.5. The van der Waals surface area contributed by atoms with Gasteiger partial charge in [-0.15, -0.1) is 0 Å². The Morgan fingerprint density at radius 1 is 1.59 bits per heavy atom. The van der Waals surface area contributed by atoms with Gasteiger partial charge in [-0.3, -0.25) is 9.78 Å². The van der Waals surface area contributed by atoms with E-state index in [0.717, 1.165) is 0 Å². The van der Waals surface area contributed by atoms with Crippen LogP contribution in [0.4, 0.5) is 0 Å². The molecule has 1 atom stereocenters. The van der Waals surface area contributed by atoms with E-state index in [-0.39, 0.29) is 17.6 Å². The van der Waals surface area contributed by atoms with Crippen LogP contribution >= 0.6 is 0 Å². The first kappa shape index (κ1) is 12.0. The second kappa shape index (κ2) is 4.45. The molecular weight excluding hydrogens is 216 g/mol. The largest absolute Gasteiger partial charge is 0.374 e. The quantitative estimate of drug-likeness (QED) is 0.743. The van der Waals surface area contributed by atoms with Gasteiger partial charge in [0.15, 0.2) is 0 Å². The van der Waals surface area contributed by atoms with E-state index in [0.29, 0.717) is 18.7 Å². The van der Waals surface area contributed by atoms with Crippen LogP contribution in [0.1, 0.15) is 31.1 Å². The predicted molar refractivity (Wildman–Crippen MR) is 64.8 cm³/mol.